The highest BCUT2D eigenvalue weighted by Gasteiger charge is 2.21. The van der Waals surface area contributed by atoms with Gasteiger partial charge in [-0.25, -0.2) is 0 Å². The fourth-order valence-corrected chi connectivity index (χ4v) is 1.63. The van der Waals surface area contributed by atoms with E-state index in [1.807, 2.05) is 0 Å². The summed E-state index contributed by atoms with van der Waals surface area (Å²) in [7, 11) is 1.70. The zero-order valence-corrected chi connectivity index (χ0v) is 9.79. The van der Waals surface area contributed by atoms with Crippen molar-refractivity contribution in [3.63, 3.8) is 0 Å². The van der Waals surface area contributed by atoms with Gasteiger partial charge in [-0.05, 0) is 14.0 Å². The summed E-state index contributed by atoms with van der Waals surface area (Å²) in [6.07, 6.45) is 0. The van der Waals surface area contributed by atoms with Crippen LogP contribution in [0.5, 0.6) is 0 Å². The van der Waals surface area contributed by atoms with Crippen LogP contribution < -0.4 is 5.73 Å². The molecule has 2 N–H and O–H groups in total. The van der Waals surface area contributed by atoms with Crippen LogP contribution in [0.15, 0.2) is 24.3 Å². The minimum atomic E-state index is -0.460. The fourth-order valence-electron chi connectivity index (χ4n) is 1.63. The first-order chi connectivity index (χ1) is 7.93. The lowest BCUT2D eigenvalue weighted by Crippen LogP contribution is -2.32. The van der Waals surface area contributed by atoms with Crippen LogP contribution in [0.25, 0.3) is 0 Å². The molecule has 0 spiro atoms. The summed E-state index contributed by atoms with van der Waals surface area (Å²) in [6.45, 7) is 1.86. The molecule has 0 radical (unpaired) electrons. The molecular formula is C11H15N3O3. The predicted octanol–water partition coefficient (Wildman–Crippen LogP) is 1.07. The molecule has 92 valence electrons. The number of likely N-dealkylation sites (N-methyl/N-ethyl adjacent to an activating group) is 1. The third-order valence-corrected chi connectivity index (χ3v) is 2.65. The van der Waals surface area contributed by atoms with Gasteiger partial charge >= 0.3 is 0 Å². The Morgan fingerprint density at radius 1 is 1.53 bits per heavy atom. The van der Waals surface area contributed by atoms with Crippen molar-refractivity contribution in [3.8, 4) is 0 Å². The molecule has 0 aliphatic heterocycles. The van der Waals surface area contributed by atoms with Crippen molar-refractivity contribution in [1.82, 2.24) is 4.90 Å². The van der Waals surface area contributed by atoms with Crippen LogP contribution in [0.3, 0.4) is 0 Å². The molecule has 1 aromatic carbocycles. The van der Waals surface area contributed by atoms with Crippen molar-refractivity contribution >= 4 is 11.6 Å². The number of primary amides is 1. The number of hydrogen-bond donors (Lipinski definition) is 1. The largest absolute Gasteiger partial charge is 0.369 e. The maximum Gasteiger partial charge on any atom is 0.274 e. The number of carbonyl (C=O) groups excluding carboxylic acids is 1. The molecule has 0 aliphatic rings. The molecule has 1 rings (SSSR count). The summed E-state index contributed by atoms with van der Waals surface area (Å²) in [5.41, 5.74) is 5.72. The van der Waals surface area contributed by atoms with E-state index < -0.39 is 10.8 Å². The Hall–Kier alpha value is -1.95. The van der Waals surface area contributed by atoms with Gasteiger partial charge in [-0.3, -0.25) is 19.8 Å². The van der Waals surface area contributed by atoms with E-state index in [1.165, 1.54) is 6.07 Å². The number of nitrogens with zero attached hydrogens (tertiary/aromatic N) is 2. The first-order valence-electron chi connectivity index (χ1n) is 5.15. The topological polar surface area (TPSA) is 89.5 Å². The molecular weight excluding hydrogens is 222 g/mol. The highest BCUT2D eigenvalue weighted by atomic mass is 16.6. The van der Waals surface area contributed by atoms with E-state index in [1.54, 1.807) is 37.1 Å². The van der Waals surface area contributed by atoms with Gasteiger partial charge in [0.2, 0.25) is 5.91 Å². The molecule has 0 aliphatic carbocycles. The normalized spacial score (nSPS) is 12.4. The maximum atomic E-state index is 10.9. The first-order valence-corrected chi connectivity index (χ1v) is 5.15. The van der Waals surface area contributed by atoms with Gasteiger partial charge in [-0.1, -0.05) is 18.2 Å². The predicted molar refractivity (Wildman–Crippen MR) is 63.3 cm³/mol. The van der Waals surface area contributed by atoms with Gasteiger partial charge in [0, 0.05) is 17.7 Å². The van der Waals surface area contributed by atoms with E-state index >= 15 is 0 Å². The zero-order valence-electron chi connectivity index (χ0n) is 9.79. The number of nitrogens with two attached hydrogens (primary N) is 1. The van der Waals surface area contributed by atoms with Gasteiger partial charge in [0.05, 0.1) is 11.5 Å². The number of hydrogen-bond acceptors (Lipinski definition) is 4. The van der Waals surface area contributed by atoms with Crippen molar-refractivity contribution in [2.24, 2.45) is 5.73 Å². The number of benzene rings is 1. The Balaban J connectivity index is 2.99. The Morgan fingerprint density at radius 3 is 2.65 bits per heavy atom. The lowest BCUT2D eigenvalue weighted by atomic mass is 10.1. The van der Waals surface area contributed by atoms with Crippen molar-refractivity contribution in [2.75, 3.05) is 13.6 Å². The highest BCUT2D eigenvalue weighted by molar-refractivity contribution is 5.76. The summed E-state index contributed by atoms with van der Waals surface area (Å²) in [5, 5.41) is 10.9. The molecule has 0 bridgehead atoms. The van der Waals surface area contributed by atoms with Gasteiger partial charge in [-0.2, -0.15) is 0 Å². The number of nitro groups is 1. The van der Waals surface area contributed by atoms with Gasteiger partial charge in [0.15, 0.2) is 0 Å². The van der Waals surface area contributed by atoms with E-state index in [0.29, 0.717) is 5.56 Å². The standard InChI is InChI=1S/C11H15N3O3/c1-8(13(2)7-11(12)15)9-5-3-4-6-10(9)14(16)17/h3-6,8H,7H2,1-2H3,(H2,12,15)/t8-/m0/s1. The van der Waals surface area contributed by atoms with E-state index in [0.717, 1.165) is 0 Å². The Morgan fingerprint density at radius 2 is 2.12 bits per heavy atom. The van der Waals surface area contributed by atoms with Crippen LogP contribution >= 0.6 is 0 Å². The summed E-state index contributed by atoms with van der Waals surface area (Å²) < 4.78 is 0. The first kappa shape index (κ1) is 13.1. The van der Waals surface area contributed by atoms with E-state index in [9.17, 15) is 14.9 Å². The van der Waals surface area contributed by atoms with Gasteiger partial charge in [0.25, 0.3) is 5.69 Å². The van der Waals surface area contributed by atoms with Crippen LogP contribution in [-0.2, 0) is 4.79 Å². The highest BCUT2D eigenvalue weighted by Crippen LogP contribution is 2.27. The second kappa shape index (κ2) is 5.40. The summed E-state index contributed by atoms with van der Waals surface area (Å²) in [5.74, 6) is -0.460. The van der Waals surface area contributed by atoms with Crippen molar-refractivity contribution < 1.29 is 9.72 Å². The quantitative estimate of drug-likeness (QED) is 0.612. The zero-order chi connectivity index (χ0) is 13.0. The van der Waals surface area contributed by atoms with E-state index in [-0.39, 0.29) is 18.3 Å². The van der Waals surface area contributed by atoms with Crippen molar-refractivity contribution in [1.29, 1.82) is 0 Å². The molecule has 1 amide bonds. The van der Waals surface area contributed by atoms with Gasteiger partial charge < -0.3 is 5.73 Å². The molecule has 6 nitrogen and oxygen atoms in total. The molecule has 1 aromatic rings. The minimum Gasteiger partial charge on any atom is -0.369 e. The van der Waals surface area contributed by atoms with Gasteiger partial charge in [0.1, 0.15) is 0 Å². The molecule has 0 aromatic heterocycles. The third-order valence-electron chi connectivity index (χ3n) is 2.65. The van der Waals surface area contributed by atoms with Crippen LogP contribution in [0, 0.1) is 10.1 Å². The number of amides is 1. The average Bonchev–Trinajstić information content (AvgIpc) is 2.27. The minimum absolute atomic E-state index is 0.0521. The van der Waals surface area contributed by atoms with E-state index in [2.05, 4.69) is 0 Å². The van der Waals surface area contributed by atoms with E-state index in [4.69, 9.17) is 5.73 Å². The summed E-state index contributed by atoms with van der Waals surface area (Å²) >= 11 is 0. The average molecular weight is 237 g/mol. The second-order valence-corrected chi connectivity index (χ2v) is 3.87. The lowest BCUT2D eigenvalue weighted by Gasteiger charge is -2.23. The molecule has 0 saturated heterocycles. The third kappa shape index (κ3) is 3.25. The summed E-state index contributed by atoms with van der Waals surface area (Å²) in [6, 6.07) is 6.23. The van der Waals surface area contributed by atoms with Crippen LogP contribution in [0.2, 0.25) is 0 Å². The molecule has 0 fully saturated rings. The molecule has 1 atom stereocenters. The smallest absolute Gasteiger partial charge is 0.274 e. The summed E-state index contributed by atoms with van der Waals surface area (Å²) in [4.78, 5) is 22.9. The fraction of sp³-hybridized carbons (Fsp3) is 0.364. The molecule has 0 heterocycles. The molecule has 17 heavy (non-hydrogen) atoms. The Kier molecular flexibility index (Phi) is 4.17. The van der Waals surface area contributed by atoms with Gasteiger partial charge in [-0.15, -0.1) is 0 Å². The van der Waals surface area contributed by atoms with Crippen LogP contribution in [0.1, 0.15) is 18.5 Å². The Labute approximate surface area is 99.2 Å². The molecule has 0 saturated carbocycles. The van der Waals surface area contributed by atoms with Crippen molar-refractivity contribution in [2.45, 2.75) is 13.0 Å². The van der Waals surface area contributed by atoms with Crippen LogP contribution in [0.4, 0.5) is 5.69 Å². The monoisotopic (exact) mass is 237 g/mol. The Bertz CT molecular complexity index is 434. The SMILES string of the molecule is C[C@@H](c1ccccc1[N+](=O)[O-])N(C)CC(N)=O. The molecule has 0 unspecified atom stereocenters. The number of rotatable bonds is 5. The number of nitro benzene ring substituents is 1. The van der Waals surface area contributed by atoms with Crippen molar-refractivity contribution in [3.05, 3.63) is 39.9 Å². The number of carbonyl (C=O) groups is 1. The van der Waals surface area contributed by atoms with Crippen LogP contribution in [-0.4, -0.2) is 29.3 Å². The number of para-hydroxylation sites is 1. The lowest BCUT2D eigenvalue weighted by molar-refractivity contribution is -0.385. The molecule has 6 heteroatoms. The second-order valence-electron chi connectivity index (χ2n) is 3.87. The maximum absolute atomic E-state index is 10.9.